The quantitative estimate of drug-likeness (QED) is 0.797. The van der Waals surface area contributed by atoms with Crippen molar-refractivity contribution in [2.75, 3.05) is 12.4 Å². The largest absolute Gasteiger partial charge is 0.497 e. The van der Waals surface area contributed by atoms with E-state index in [0.29, 0.717) is 16.6 Å². The van der Waals surface area contributed by atoms with Gasteiger partial charge in [-0.3, -0.25) is 10.1 Å². The monoisotopic (exact) mass is 326 g/mol. The molecule has 2 heterocycles. The van der Waals surface area contributed by atoms with Crippen LogP contribution in [-0.4, -0.2) is 27.4 Å². The fourth-order valence-electron chi connectivity index (χ4n) is 1.98. The van der Waals surface area contributed by atoms with E-state index in [1.165, 1.54) is 0 Å². The minimum atomic E-state index is -0.304. The van der Waals surface area contributed by atoms with Gasteiger partial charge in [0.25, 0.3) is 5.91 Å². The van der Waals surface area contributed by atoms with Gasteiger partial charge in [0.05, 0.1) is 7.11 Å². The van der Waals surface area contributed by atoms with Crippen LogP contribution in [0.5, 0.6) is 5.75 Å². The van der Waals surface area contributed by atoms with Gasteiger partial charge < -0.3 is 4.74 Å². The lowest BCUT2D eigenvalue weighted by molar-refractivity contribution is 0.102. The third-order valence-corrected chi connectivity index (χ3v) is 3.73. The number of methoxy groups -OCH3 is 1. The summed E-state index contributed by atoms with van der Waals surface area (Å²) >= 11 is 1.12. The zero-order valence-electron chi connectivity index (χ0n) is 12.6. The lowest BCUT2D eigenvalue weighted by Crippen LogP contribution is -2.13. The van der Waals surface area contributed by atoms with Crippen molar-refractivity contribution >= 4 is 22.6 Å². The first-order valence-corrected chi connectivity index (χ1v) is 7.66. The van der Waals surface area contributed by atoms with E-state index < -0.39 is 0 Å². The van der Waals surface area contributed by atoms with E-state index >= 15 is 0 Å². The lowest BCUT2D eigenvalue weighted by Gasteiger charge is -2.01. The zero-order chi connectivity index (χ0) is 16.2. The van der Waals surface area contributed by atoms with Gasteiger partial charge in [0.15, 0.2) is 5.82 Å². The molecule has 1 aromatic carbocycles. The average molecular weight is 326 g/mol. The number of hydrogen-bond donors (Lipinski definition) is 1. The van der Waals surface area contributed by atoms with Crippen LogP contribution >= 0.6 is 11.5 Å². The van der Waals surface area contributed by atoms with E-state index in [9.17, 15) is 4.79 Å². The molecule has 0 saturated heterocycles. The number of hydrogen-bond acceptors (Lipinski definition) is 6. The molecule has 0 spiro atoms. The number of ether oxygens (including phenoxy) is 1. The number of amides is 1. The molecule has 116 valence electrons. The zero-order valence-corrected chi connectivity index (χ0v) is 13.4. The first-order chi connectivity index (χ1) is 11.2. The number of aryl methyl sites for hydroxylation is 1. The van der Waals surface area contributed by atoms with E-state index in [4.69, 9.17) is 4.74 Å². The van der Waals surface area contributed by atoms with Crippen LogP contribution in [0, 0.1) is 6.92 Å². The summed E-state index contributed by atoms with van der Waals surface area (Å²) in [5, 5.41) is 3.14. The number of carbonyl (C=O) groups is 1. The van der Waals surface area contributed by atoms with E-state index in [0.717, 1.165) is 28.5 Å². The molecule has 0 aliphatic rings. The number of rotatable bonds is 4. The van der Waals surface area contributed by atoms with Crippen molar-refractivity contribution in [2.24, 2.45) is 0 Å². The molecule has 0 saturated carbocycles. The summed E-state index contributed by atoms with van der Waals surface area (Å²) in [5.41, 5.74) is 1.96. The predicted molar refractivity (Wildman–Crippen MR) is 88.8 cm³/mol. The molecular weight excluding hydrogens is 312 g/mol. The molecule has 3 aromatic rings. The summed E-state index contributed by atoms with van der Waals surface area (Å²) in [6.45, 7) is 1.84. The molecule has 6 nitrogen and oxygen atoms in total. The molecule has 0 fully saturated rings. The van der Waals surface area contributed by atoms with Crippen molar-refractivity contribution in [3.8, 4) is 17.1 Å². The van der Waals surface area contributed by atoms with Gasteiger partial charge in [-0.25, -0.2) is 4.98 Å². The maximum absolute atomic E-state index is 12.2. The Balaban J connectivity index is 1.78. The first kappa shape index (κ1) is 15.1. The molecule has 2 aromatic heterocycles. The van der Waals surface area contributed by atoms with Crippen molar-refractivity contribution in [2.45, 2.75) is 6.92 Å². The minimum absolute atomic E-state index is 0.304. The maximum Gasteiger partial charge on any atom is 0.276 e. The van der Waals surface area contributed by atoms with Crippen LogP contribution in [0.1, 0.15) is 16.2 Å². The molecule has 0 unspecified atom stereocenters. The Kier molecular flexibility index (Phi) is 4.29. The van der Waals surface area contributed by atoms with Crippen molar-refractivity contribution in [3.63, 3.8) is 0 Å². The summed E-state index contributed by atoms with van der Waals surface area (Å²) < 4.78 is 9.45. The van der Waals surface area contributed by atoms with Gasteiger partial charge in [0, 0.05) is 22.8 Å². The molecule has 0 atom stereocenters. The van der Waals surface area contributed by atoms with Crippen molar-refractivity contribution in [1.82, 2.24) is 14.3 Å². The lowest BCUT2D eigenvalue weighted by atomic mass is 10.2. The van der Waals surface area contributed by atoms with Crippen LogP contribution in [0.4, 0.5) is 5.13 Å². The Bertz CT molecular complexity index is 847. The standard InChI is InChI=1S/C16H14N4O2S/c1-10-5-3-8-13(17-10)15(21)19-16-18-14(20-23-16)11-6-4-7-12(9-11)22-2/h3-9H,1-2H3,(H,18,19,20,21). The predicted octanol–water partition coefficient (Wildman–Crippen LogP) is 3.17. The highest BCUT2D eigenvalue weighted by molar-refractivity contribution is 7.10. The van der Waals surface area contributed by atoms with Crippen molar-refractivity contribution in [3.05, 3.63) is 53.9 Å². The Hall–Kier alpha value is -2.80. The third kappa shape index (κ3) is 3.51. The van der Waals surface area contributed by atoms with Crippen molar-refractivity contribution < 1.29 is 9.53 Å². The van der Waals surface area contributed by atoms with E-state index in [1.54, 1.807) is 19.2 Å². The number of nitrogens with zero attached hydrogens (tertiary/aromatic N) is 3. The third-order valence-electron chi connectivity index (χ3n) is 3.10. The van der Waals surface area contributed by atoms with Gasteiger partial charge in [-0.05, 0) is 31.2 Å². The molecule has 0 radical (unpaired) electrons. The Morgan fingerprint density at radius 1 is 1.17 bits per heavy atom. The number of benzene rings is 1. The van der Waals surface area contributed by atoms with E-state index in [1.807, 2.05) is 37.3 Å². The second-order valence-electron chi connectivity index (χ2n) is 4.77. The molecule has 1 N–H and O–H groups in total. The normalized spacial score (nSPS) is 10.3. The number of carbonyl (C=O) groups excluding carboxylic acids is 1. The van der Waals surface area contributed by atoms with Gasteiger partial charge >= 0.3 is 0 Å². The molecular formula is C16H14N4O2S. The van der Waals surface area contributed by atoms with Gasteiger partial charge in [-0.15, -0.1) is 0 Å². The van der Waals surface area contributed by atoms with E-state index in [-0.39, 0.29) is 5.91 Å². The van der Waals surface area contributed by atoms with E-state index in [2.05, 4.69) is 19.7 Å². The summed E-state index contributed by atoms with van der Waals surface area (Å²) in [6.07, 6.45) is 0. The van der Waals surface area contributed by atoms with Crippen LogP contribution < -0.4 is 10.1 Å². The number of aromatic nitrogens is 3. The number of nitrogens with one attached hydrogen (secondary N) is 1. The maximum atomic E-state index is 12.2. The van der Waals surface area contributed by atoms with Gasteiger partial charge in [-0.2, -0.15) is 9.36 Å². The molecule has 1 amide bonds. The highest BCUT2D eigenvalue weighted by Gasteiger charge is 2.12. The molecule has 3 rings (SSSR count). The molecule has 0 aliphatic heterocycles. The first-order valence-electron chi connectivity index (χ1n) is 6.89. The Labute approximate surface area is 137 Å². The molecule has 7 heteroatoms. The highest BCUT2D eigenvalue weighted by atomic mass is 32.1. The SMILES string of the molecule is COc1cccc(-c2nsc(NC(=O)c3cccc(C)n3)n2)c1. The fourth-order valence-corrected chi connectivity index (χ4v) is 2.57. The second kappa shape index (κ2) is 6.53. The number of pyridine rings is 1. The molecule has 0 bridgehead atoms. The summed E-state index contributed by atoms with van der Waals surface area (Å²) in [7, 11) is 1.61. The average Bonchev–Trinajstić information content (AvgIpc) is 3.03. The Morgan fingerprint density at radius 2 is 2.00 bits per heavy atom. The summed E-state index contributed by atoms with van der Waals surface area (Å²) in [6, 6.07) is 12.7. The van der Waals surface area contributed by atoms with Crippen LogP contribution in [-0.2, 0) is 0 Å². The van der Waals surface area contributed by atoms with Gasteiger partial charge in [0.2, 0.25) is 5.13 Å². The van der Waals surface area contributed by atoms with Crippen LogP contribution in [0.15, 0.2) is 42.5 Å². The highest BCUT2D eigenvalue weighted by Crippen LogP contribution is 2.24. The van der Waals surface area contributed by atoms with Crippen molar-refractivity contribution in [1.29, 1.82) is 0 Å². The fraction of sp³-hybridized carbons (Fsp3) is 0.125. The Morgan fingerprint density at radius 3 is 2.78 bits per heavy atom. The van der Waals surface area contributed by atoms with Crippen LogP contribution in [0.2, 0.25) is 0 Å². The summed E-state index contributed by atoms with van der Waals surface area (Å²) in [4.78, 5) is 20.7. The molecule has 23 heavy (non-hydrogen) atoms. The summed E-state index contributed by atoms with van der Waals surface area (Å²) in [5.74, 6) is 0.968. The molecule has 0 aliphatic carbocycles. The van der Waals surface area contributed by atoms with Gasteiger partial charge in [-0.1, -0.05) is 18.2 Å². The topological polar surface area (TPSA) is 77.0 Å². The van der Waals surface area contributed by atoms with Gasteiger partial charge in [0.1, 0.15) is 11.4 Å². The smallest absolute Gasteiger partial charge is 0.276 e. The number of anilines is 1. The minimum Gasteiger partial charge on any atom is -0.497 e. The van der Waals surface area contributed by atoms with Crippen LogP contribution in [0.25, 0.3) is 11.4 Å². The second-order valence-corrected chi connectivity index (χ2v) is 5.53. The van der Waals surface area contributed by atoms with Crippen LogP contribution in [0.3, 0.4) is 0 Å².